The number of carbonyl (C=O) groups excluding carboxylic acids is 2. The van der Waals surface area contributed by atoms with Crippen LogP contribution in [-0.2, 0) is 19.1 Å². The summed E-state index contributed by atoms with van der Waals surface area (Å²) in [4.78, 5) is 24.2. The van der Waals surface area contributed by atoms with Crippen molar-refractivity contribution in [1.29, 1.82) is 0 Å². The Hall–Kier alpha value is -1.58. The van der Waals surface area contributed by atoms with E-state index in [0.717, 1.165) is 74.0 Å². The van der Waals surface area contributed by atoms with E-state index in [-0.39, 0.29) is 18.0 Å². The zero-order chi connectivity index (χ0) is 33.3. The van der Waals surface area contributed by atoms with Crippen molar-refractivity contribution in [1.82, 2.24) is 0 Å². The second-order valence-electron chi connectivity index (χ2n) is 17.1. The first-order valence-electron chi connectivity index (χ1n) is 19.7. The molecular formula is C42H70O4. The monoisotopic (exact) mass is 639 g/mol. The average Bonchev–Trinajstić information content (AvgIpc) is 3.37. The smallest absolute Gasteiger partial charge is 0.333 e. The molecule has 4 aliphatic rings. The summed E-state index contributed by atoms with van der Waals surface area (Å²) in [5.74, 6) is 4.90. The molecule has 0 saturated heterocycles. The highest BCUT2D eigenvalue weighted by Gasteiger charge is 2.59. The predicted octanol–water partition coefficient (Wildman–Crippen LogP) is 11.6. The van der Waals surface area contributed by atoms with Gasteiger partial charge in [0.15, 0.2) is 0 Å². The Morgan fingerprint density at radius 2 is 1.57 bits per heavy atom. The third-order valence-corrected chi connectivity index (χ3v) is 13.4. The molecule has 3 saturated carbocycles. The number of hydrogen-bond donors (Lipinski definition) is 0. The van der Waals surface area contributed by atoms with E-state index in [4.69, 9.17) is 9.47 Å². The Morgan fingerprint density at radius 1 is 0.870 bits per heavy atom. The van der Waals surface area contributed by atoms with Crippen molar-refractivity contribution in [3.8, 4) is 0 Å². The van der Waals surface area contributed by atoms with Crippen molar-refractivity contribution in [3.05, 3.63) is 23.8 Å². The maximum atomic E-state index is 12.8. The molecule has 0 aromatic heterocycles. The summed E-state index contributed by atoms with van der Waals surface area (Å²) in [6.45, 7) is 18.4. The molecule has 0 N–H and O–H groups in total. The molecule has 0 amide bonds. The predicted molar refractivity (Wildman–Crippen MR) is 190 cm³/mol. The van der Waals surface area contributed by atoms with Gasteiger partial charge in [-0.2, -0.15) is 0 Å². The van der Waals surface area contributed by atoms with Gasteiger partial charge in [0, 0.05) is 18.4 Å². The molecule has 4 rings (SSSR count). The number of carbonyl (C=O) groups is 2. The Labute approximate surface area is 283 Å². The molecule has 46 heavy (non-hydrogen) atoms. The highest BCUT2D eigenvalue weighted by Crippen LogP contribution is 2.67. The summed E-state index contributed by atoms with van der Waals surface area (Å²) in [6, 6.07) is 0. The summed E-state index contributed by atoms with van der Waals surface area (Å²) in [5.41, 5.74) is 2.93. The lowest BCUT2D eigenvalue weighted by atomic mass is 9.47. The zero-order valence-electron chi connectivity index (χ0n) is 30.8. The number of hydrogen-bond acceptors (Lipinski definition) is 4. The normalized spacial score (nSPS) is 32.6. The summed E-state index contributed by atoms with van der Waals surface area (Å²) >= 11 is 0. The maximum Gasteiger partial charge on any atom is 0.333 e. The topological polar surface area (TPSA) is 52.6 Å². The van der Waals surface area contributed by atoms with E-state index in [2.05, 4.69) is 47.3 Å². The second kappa shape index (κ2) is 17.2. The molecular weight excluding hydrogens is 568 g/mol. The summed E-state index contributed by atoms with van der Waals surface area (Å²) in [6.07, 6.45) is 26.4. The first-order valence-corrected chi connectivity index (χ1v) is 19.7. The Balaban J connectivity index is 1.14. The summed E-state index contributed by atoms with van der Waals surface area (Å²) in [7, 11) is 0. The lowest BCUT2D eigenvalue weighted by Gasteiger charge is -2.58. The van der Waals surface area contributed by atoms with Gasteiger partial charge < -0.3 is 9.47 Å². The molecule has 8 atom stereocenters. The van der Waals surface area contributed by atoms with Crippen molar-refractivity contribution in [3.63, 3.8) is 0 Å². The third kappa shape index (κ3) is 9.31. The first kappa shape index (κ1) is 37.2. The average molecular weight is 639 g/mol. The second-order valence-corrected chi connectivity index (χ2v) is 17.1. The lowest BCUT2D eigenvalue weighted by molar-refractivity contribution is -0.151. The Morgan fingerprint density at radius 3 is 2.26 bits per heavy atom. The molecule has 3 fully saturated rings. The largest absolute Gasteiger partial charge is 0.462 e. The van der Waals surface area contributed by atoms with Crippen molar-refractivity contribution in [2.24, 2.45) is 46.3 Å². The van der Waals surface area contributed by atoms with Crippen LogP contribution in [0.4, 0.5) is 0 Å². The van der Waals surface area contributed by atoms with Crippen LogP contribution in [-0.4, -0.2) is 24.6 Å². The van der Waals surface area contributed by atoms with Gasteiger partial charge >= 0.3 is 11.9 Å². The van der Waals surface area contributed by atoms with E-state index >= 15 is 0 Å². The molecule has 262 valence electrons. The molecule has 0 spiro atoms. The number of unbranched alkanes of at least 4 members (excludes halogenated alkanes) is 7. The van der Waals surface area contributed by atoms with Crippen LogP contribution in [0.15, 0.2) is 23.8 Å². The fourth-order valence-corrected chi connectivity index (χ4v) is 10.7. The van der Waals surface area contributed by atoms with E-state index in [1.165, 1.54) is 83.5 Å². The summed E-state index contributed by atoms with van der Waals surface area (Å²) < 4.78 is 11.2. The standard InChI is InChI=1S/C42H70O4/c1-30(2)17-16-18-32(5)36-22-23-37-35-21-20-33-29-34(24-26-41(33,6)38(35)25-27-42(36,37)7)46-39(43)19-14-12-10-8-9-11-13-15-28-45-40(44)31(3)4/h20,30,32,34-38H,3,8-19,21-29H2,1-2,4-7H3/t32-,34+,35+,36-,37+,38+,41+,42-/m1/s1. The fourth-order valence-electron chi connectivity index (χ4n) is 10.7. The van der Waals surface area contributed by atoms with E-state index in [1.54, 1.807) is 12.5 Å². The van der Waals surface area contributed by atoms with Crippen LogP contribution in [0, 0.1) is 46.3 Å². The van der Waals surface area contributed by atoms with Gasteiger partial charge in [-0.05, 0) is 111 Å². The van der Waals surface area contributed by atoms with Crippen molar-refractivity contribution < 1.29 is 19.1 Å². The number of esters is 2. The van der Waals surface area contributed by atoms with Gasteiger partial charge in [-0.15, -0.1) is 0 Å². The van der Waals surface area contributed by atoms with Crippen LogP contribution in [0.3, 0.4) is 0 Å². The molecule has 0 unspecified atom stereocenters. The fraction of sp³-hybridized carbons (Fsp3) is 0.857. The van der Waals surface area contributed by atoms with Crippen molar-refractivity contribution in [2.75, 3.05) is 6.61 Å². The van der Waals surface area contributed by atoms with Gasteiger partial charge in [0.1, 0.15) is 6.10 Å². The van der Waals surface area contributed by atoms with E-state index in [9.17, 15) is 9.59 Å². The van der Waals surface area contributed by atoms with Crippen LogP contribution in [0.25, 0.3) is 0 Å². The number of allylic oxidation sites excluding steroid dienone is 1. The molecule has 0 bridgehead atoms. The minimum absolute atomic E-state index is 0.0140. The highest BCUT2D eigenvalue weighted by molar-refractivity contribution is 5.86. The van der Waals surface area contributed by atoms with Gasteiger partial charge in [0.25, 0.3) is 0 Å². The minimum atomic E-state index is -0.286. The number of ether oxygens (including phenoxy) is 2. The zero-order valence-corrected chi connectivity index (χ0v) is 30.8. The highest BCUT2D eigenvalue weighted by atomic mass is 16.5. The maximum absolute atomic E-state index is 12.8. The molecule has 4 aliphatic carbocycles. The SMILES string of the molecule is C=C(C)C(=O)OCCCCCCCCCCC(=O)O[C@H]1CC[C@@]2(C)C(=CC[C@H]3[C@@H]4CC[C@H]([C@H](C)CCCC(C)C)[C@@]4(C)CC[C@@H]32)C1. The molecule has 0 radical (unpaired) electrons. The van der Waals surface area contributed by atoms with Gasteiger partial charge in [0.2, 0.25) is 0 Å². The molecule has 0 aliphatic heterocycles. The number of fused-ring (bicyclic) bond motifs is 5. The van der Waals surface area contributed by atoms with Gasteiger partial charge in [-0.25, -0.2) is 4.79 Å². The molecule has 4 heteroatoms. The third-order valence-electron chi connectivity index (χ3n) is 13.4. The molecule has 0 heterocycles. The van der Waals surface area contributed by atoms with E-state index in [1.807, 2.05) is 0 Å². The first-order chi connectivity index (χ1) is 22.0. The van der Waals surface area contributed by atoms with Crippen molar-refractivity contribution >= 4 is 11.9 Å². The van der Waals surface area contributed by atoms with Crippen LogP contribution >= 0.6 is 0 Å². The molecule has 0 aromatic rings. The minimum Gasteiger partial charge on any atom is -0.462 e. The molecule has 0 aromatic carbocycles. The van der Waals surface area contributed by atoms with Crippen LogP contribution in [0.2, 0.25) is 0 Å². The number of rotatable bonds is 18. The van der Waals surface area contributed by atoms with Crippen molar-refractivity contribution in [2.45, 2.75) is 176 Å². The van der Waals surface area contributed by atoms with Crippen LogP contribution in [0.1, 0.15) is 170 Å². The lowest BCUT2D eigenvalue weighted by Crippen LogP contribution is -2.51. The molecule has 4 nitrogen and oxygen atoms in total. The van der Waals surface area contributed by atoms with E-state index < -0.39 is 0 Å². The van der Waals surface area contributed by atoms with Gasteiger partial charge in [-0.1, -0.05) is 111 Å². The Kier molecular flexibility index (Phi) is 13.9. The van der Waals surface area contributed by atoms with Gasteiger partial charge in [0.05, 0.1) is 6.61 Å². The van der Waals surface area contributed by atoms with Crippen LogP contribution < -0.4 is 0 Å². The van der Waals surface area contributed by atoms with E-state index in [0.29, 0.717) is 29.4 Å². The summed E-state index contributed by atoms with van der Waals surface area (Å²) in [5, 5.41) is 0. The quantitative estimate of drug-likeness (QED) is 0.0649. The van der Waals surface area contributed by atoms with Crippen LogP contribution in [0.5, 0.6) is 0 Å². The Bertz CT molecular complexity index is 1040. The van der Waals surface area contributed by atoms with Gasteiger partial charge in [-0.3, -0.25) is 4.79 Å².